The average Bonchev–Trinajstić information content (AvgIpc) is 3.42. The molecule has 31 heavy (non-hydrogen) atoms. The van der Waals surface area contributed by atoms with Crippen molar-refractivity contribution in [3.63, 3.8) is 0 Å². The number of nitrogens with zero attached hydrogens (tertiary/aromatic N) is 3. The van der Waals surface area contributed by atoms with Gasteiger partial charge in [-0.1, -0.05) is 30.0 Å². The lowest BCUT2D eigenvalue weighted by atomic mass is 10.2. The maximum Gasteiger partial charge on any atom is 0.330 e. The van der Waals surface area contributed by atoms with Crippen molar-refractivity contribution < 1.29 is 9.21 Å². The first-order valence-corrected chi connectivity index (χ1v) is 10.6. The summed E-state index contributed by atoms with van der Waals surface area (Å²) < 4.78 is 6.71. The second-order valence-electron chi connectivity index (χ2n) is 7.18. The summed E-state index contributed by atoms with van der Waals surface area (Å²) in [7, 11) is 0. The molecule has 3 heterocycles. The van der Waals surface area contributed by atoms with Gasteiger partial charge in [0.1, 0.15) is 16.4 Å². The van der Waals surface area contributed by atoms with Crippen molar-refractivity contribution in [1.82, 2.24) is 19.5 Å². The number of para-hydroxylation sites is 1. The minimum atomic E-state index is -0.770. The zero-order chi connectivity index (χ0) is 21.5. The molecule has 0 aliphatic heterocycles. The summed E-state index contributed by atoms with van der Waals surface area (Å²) in [6.45, 7) is 0. The predicted octanol–water partition coefficient (Wildman–Crippen LogP) is 2.63. The third-order valence-corrected chi connectivity index (χ3v) is 6.01. The SMILES string of the molecule is Nc1c(C(=O)CSc2nc(-c3ccco3)nc3ccccc23)c(=O)[nH]c(=O)n1C1CC1. The molecule has 9 nitrogen and oxygen atoms in total. The molecule has 0 atom stereocenters. The summed E-state index contributed by atoms with van der Waals surface area (Å²) >= 11 is 1.18. The van der Waals surface area contributed by atoms with Crippen molar-refractivity contribution in [2.24, 2.45) is 0 Å². The summed E-state index contributed by atoms with van der Waals surface area (Å²) in [6, 6.07) is 10.9. The first kappa shape index (κ1) is 19.3. The van der Waals surface area contributed by atoms with Crippen LogP contribution in [0.4, 0.5) is 5.82 Å². The van der Waals surface area contributed by atoms with Crippen LogP contribution in [0.3, 0.4) is 0 Å². The van der Waals surface area contributed by atoms with Gasteiger partial charge in [0.2, 0.25) is 0 Å². The monoisotopic (exact) mass is 435 g/mol. The van der Waals surface area contributed by atoms with Gasteiger partial charge in [0.15, 0.2) is 17.4 Å². The molecular weight excluding hydrogens is 418 g/mol. The molecule has 0 unspecified atom stereocenters. The fraction of sp³-hybridized carbons (Fsp3) is 0.190. The molecule has 1 aromatic carbocycles. The van der Waals surface area contributed by atoms with E-state index in [1.807, 2.05) is 24.3 Å². The molecule has 1 fully saturated rings. The van der Waals surface area contributed by atoms with Crippen LogP contribution in [0.5, 0.6) is 0 Å². The highest BCUT2D eigenvalue weighted by atomic mass is 32.2. The number of Topliss-reactive ketones (excluding diaryl/α,β-unsaturated/α-hetero) is 1. The lowest BCUT2D eigenvalue weighted by Gasteiger charge is -2.11. The van der Waals surface area contributed by atoms with E-state index in [0.29, 0.717) is 22.1 Å². The Balaban J connectivity index is 1.49. The summed E-state index contributed by atoms with van der Waals surface area (Å²) in [5.41, 5.74) is 5.21. The number of nitrogens with one attached hydrogen (secondary N) is 1. The van der Waals surface area contributed by atoms with Crippen LogP contribution in [0.25, 0.3) is 22.5 Å². The van der Waals surface area contributed by atoms with Crippen molar-refractivity contribution >= 4 is 34.3 Å². The van der Waals surface area contributed by atoms with E-state index in [9.17, 15) is 14.4 Å². The first-order chi connectivity index (χ1) is 15.0. The topological polar surface area (TPSA) is 137 Å². The van der Waals surface area contributed by atoms with Crippen molar-refractivity contribution in [1.29, 1.82) is 0 Å². The van der Waals surface area contributed by atoms with Gasteiger partial charge in [0.25, 0.3) is 5.56 Å². The Morgan fingerprint density at radius 2 is 2.00 bits per heavy atom. The van der Waals surface area contributed by atoms with Gasteiger partial charge in [-0.05, 0) is 31.0 Å². The highest BCUT2D eigenvalue weighted by Gasteiger charge is 2.30. The number of anilines is 1. The fourth-order valence-electron chi connectivity index (χ4n) is 3.41. The van der Waals surface area contributed by atoms with Gasteiger partial charge < -0.3 is 10.2 Å². The van der Waals surface area contributed by atoms with Crippen molar-refractivity contribution in [3.05, 3.63) is 69.1 Å². The van der Waals surface area contributed by atoms with E-state index in [2.05, 4.69) is 15.0 Å². The standard InChI is InChI=1S/C21H17N5O4S/c22-17-16(19(28)25-21(29)26(17)11-7-8-11)14(27)10-31-20-12-4-1-2-5-13(12)23-18(24-20)15-6-3-9-30-15/h1-6,9,11H,7-8,10,22H2,(H,25,28,29). The second-order valence-corrected chi connectivity index (χ2v) is 8.14. The number of nitrogen functional groups attached to an aromatic ring is 1. The molecule has 5 rings (SSSR count). The largest absolute Gasteiger partial charge is 0.461 e. The molecule has 1 aliphatic carbocycles. The van der Waals surface area contributed by atoms with E-state index < -0.39 is 17.0 Å². The van der Waals surface area contributed by atoms with Crippen LogP contribution in [0, 0.1) is 0 Å². The highest BCUT2D eigenvalue weighted by molar-refractivity contribution is 8.00. The summed E-state index contributed by atoms with van der Waals surface area (Å²) in [5.74, 6) is 0.287. The van der Waals surface area contributed by atoms with Gasteiger partial charge in [-0.25, -0.2) is 14.8 Å². The minimum absolute atomic E-state index is 0.0646. The smallest absolute Gasteiger partial charge is 0.330 e. The summed E-state index contributed by atoms with van der Waals surface area (Å²) in [6.07, 6.45) is 3.12. The number of thioether (sulfide) groups is 1. The molecule has 0 spiro atoms. The Kier molecular flexibility index (Phi) is 4.70. The van der Waals surface area contributed by atoms with Gasteiger partial charge in [0, 0.05) is 11.4 Å². The molecule has 3 N–H and O–H groups in total. The number of furan rings is 1. The van der Waals surface area contributed by atoms with Gasteiger partial charge in [-0.3, -0.25) is 19.1 Å². The van der Waals surface area contributed by atoms with E-state index in [1.165, 1.54) is 22.6 Å². The number of fused-ring (bicyclic) bond motifs is 1. The molecule has 156 valence electrons. The Morgan fingerprint density at radius 3 is 2.74 bits per heavy atom. The van der Waals surface area contributed by atoms with Crippen LogP contribution >= 0.6 is 11.8 Å². The van der Waals surface area contributed by atoms with Crippen molar-refractivity contribution in [2.75, 3.05) is 11.5 Å². The lowest BCUT2D eigenvalue weighted by molar-refractivity contribution is 0.102. The summed E-state index contributed by atoms with van der Waals surface area (Å²) in [4.78, 5) is 48.6. The Morgan fingerprint density at radius 1 is 1.19 bits per heavy atom. The number of benzene rings is 1. The number of H-pyrrole nitrogens is 1. The van der Waals surface area contributed by atoms with Gasteiger partial charge in [-0.15, -0.1) is 0 Å². The van der Waals surface area contributed by atoms with Crippen LogP contribution in [0.15, 0.2) is 61.7 Å². The van der Waals surface area contributed by atoms with Crippen LogP contribution in [-0.2, 0) is 0 Å². The number of carbonyl (C=O) groups is 1. The van der Waals surface area contributed by atoms with Gasteiger partial charge in [0.05, 0.1) is 17.5 Å². The van der Waals surface area contributed by atoms with Crippen LogP contribution in [0.1, 0.15) is 29.2 Å². The number of aromatic nitrogens is 4. The maximum absolute atomic E-state index is 12.9. The Bertz CT molecular complexity index is 1420. The molecule has 3 aromatic heterocycles. The fourth-order valence-corrected chi connectivity index (χ4v) is 4.30. The molecule has 4 aromatic rings. The van der Waals surface area contributed by atoms with E-state index in [-0.39, 0.29) is 23.2 Å². The lowest BCUT2D eigenvalue weighted by Crippen LogP contribution is -2.36. The number of carbonyl (C=O) groups excluding carboxylic acids is 1. The van der Waals surface area contributed by atoms with E-state index in [4.69, 9.17) is 10.2 Å². The molecule has 0 bridgehead atoms. The number of hydrogen-bond donors (Lipinski definition) is 2. The number of aromatic amines is 1. The van der Waals surface area contributed by atoms with E-state index in [1.54, 1.807) is 12.1 Å². The van der Waals surface area contributed by atoms with Crippen molar-refractivity contribution in [2.45, 2.75) is 23.9 Å². The van der Waals surface area contributed by atoms with E-state index >= 15 is 0 Å². The quantitative estimate of drug-likeness (QED) is 0.268. The van der Waals surface area contributed by atoms with Crippen LogP contribution < -0.4 is 17.0 Å². The molecule has 1 saturated carbocycles. The second kappa shape index (κ2) is 7.55. The van der Waals surface area contributed by atoms with Crippen molar-refractivity contribution in [3.8, 4) is 11.6 Å². The molecule has 0 radical (unpaired) electrons. The molecule has 1 aliphatic rings. The van der Waals surface area contributed by atoms with Gasteiger partial charge >= 0.3 is 5.69 Å². The minimum Gasteiger partial charge on any atom is -0.461 e. The summed E-state index contributed by atoms with van der Waals surface area (Å²) in [5, 5.41) is 1.36. The first-order valence-electron chi connectivity index (χ1n) is 9.64. The number of ketones is 1. The molecular formula is C21H17N5O4S. The molecule has 10 heteroatoms. The molecule has 0 amide bonds. The third-order valence-electron chi connectivity index (χ3n) is 5.02. The highest BCUT2D eigenvalue weighted by Crippen LogP contribution is 2.35. The number of nitrogens with two attached hydrogens (primary N) is 1. The van der Waals surface area contributed by atoms with E-state index in [0.717, 1.165) is 18.2 Å². The molecule has 0 saturated heterocycles. The number of rotatable bonds is 6. The zero-order valence-electron chi connectivity index (χ0n) is 16.2. The van der Waals surface area contributed by atoms with Crippen LogP contribution in [-0.4, -0.2) is 31.1 Å². The maximum atomic E-state index is 12.9. The zero-order valence-corrected chi connectivity index (χ0v) is 17.0. The third kappa shape index (κ3) is 3.55. The Hall–Kier alpha value is -3.66. The average molecular weight is 435 g/mol. The normalized spacial score (nSPS) is 13.5. The number of hydrogen-bond acceptors (Lipinski definition) is 8. The van der Waals surface area contributed by atoms with Gasteiger partial charge in [-0.2, -0.15) is 0 Å². The van der Waals surface area contributed by atoms with Crippen LogP contribution in [0.2, 0.25) is 0 Å². The Labute approximate surface area is 179 Å². The predicted molar refractivity (Wildman–Crippen MR) is 116 cm³/mol.